The Kier molecular flexibility index (Phi) is 4.99. The lowest BCUT2D eigenvalue weighted by Gasteiger charge is -2.33. The van der Waals surface area contributed by atoms with Crippen LogP contribution in [0.15, 0.2) is 60.7 Å². The molecule has 1 atom stereocenters. The Balaban J connectivity index is 1.83. The molecule has 22 heavy (non-hydrogen) atoms. The van der Waals surface area contributed by atoms with Crippen LogP contribution in [0.4, 0.5) is 0 Å². The van der Waals surface area contributed by atoms with E-state index in [1.165, 1.54) is 5.56 Å². The molecule has 0 bridgehead atoms. The maximum absolute atomic E-state index is 13.0. The number of hydrogen-bond acceptors (Lipinski definition) is 3. The van der Waals surface area contributed by atoms with E-state index in [9.17, 15) is 4.79 Å². The lowest BCUT2D eigenvalue weighted by atomic mass is 9.96. The van der Waals surface area contributed by atoms with E-state index in [4.69, 9.17) is 4.74 Å². The van der Waals surface area contributed by atoms with E-state index in [0.29, 0.717) is 13.2 Å². The number of Topliss-reactive ketones (excluding diaryl/α,β-unsaturated/α-hetero) is 1. The van der Waals surface area contributed by atoms with Gasteiger partial charge in [0.25, 0.3) is 0 Å². The van der Waals surface area contributed by atoms with Crippen molar-refractivity contribution in [3.8, 4) is 0 Å². The molecule has 0 radical (unpaired) electrons. The number of nitrogens with zero attached hydrogens (tertiary/aromatic N) is 1. The summed E-state index contributed by atoms with van der Waals surface area (Å²) in [5.41, 5.74) is 1.98. The van der Waals surface area contributed by atoms with E-state index < -0.39 is 0 Å². The maximum atomic E-state index is 13.0. The zero-order valence-corrected chi connectivity index (χ0v) is 12.7. The third-order valence-electron chi connectivity index (χ3n) is 4.12. The summed E-state index contributed by atoms with van der Waals surface area (Å²) in [5.74, 6) is 0.200. The summed E-state index contributed by atoms with van der Waals surface area (Å²) in [7, 11) is 0. The third-order valence-corrected chi connectivity index (χ3v) is 4.12. The van der Waals surface area contributed by atoms with Gasteiger partial charge < -0.3 is 4.74 Å². The smallest absolute Gasteiger partial charge is 0.180 e. The molecule has 0 aromatic heterocycles. The summed E-state index contributed by atoms with van der Waals surface area (Å²) >= 11 is 0. The van der Waals surface area contributed by atoms with E-state index >= 15 is 0 Å². The molecule has 2 aromatic carbocycles. The molecule has 3 nitrogen and oxygen atoms in total. The second-order valence-electron chi connectivity index (χ2n) is 5.58. The Hall–Kier alpha value is -1.97. The first-order chi connectivity index (χ1) is 10.8. The fourth-order valence-corrected chi connectivity index (χ4v) is 2.91. The molecule has 1 aliphatic rings. The number of benzene rings is 2. The van der Waals surface area contributed by atoms with Gasteiger partial charge in [0.2, 0.25) is 0 Å². The highest BCUT2D eigenvalue weighted by molar-refractivity contribution is 6.00. The zero-order valence-electron chi connectivity index (χ0n) is 12.7. The van der Waals surface area contributed by atoms with Crippen LogP contribution in [0.1, 0.15) is 15.9 Å². The molecule has 1 heterocycles. The fourth-order valence-electron chi connectivity index (χ4n) is 2.91. The van der Waals surface area contributed by atoms with Gasteiger partial charge in [-0.3, -0.25) is 9.69 Å². The topological polar surface area (TPSA) is 29.5 Å². The van der Waals surface area contributed by atoms with Gasteiger partial charge >= 0.3 is 0 Å². The van der Waals surface area contributed by atoms with Gasteiger partial charge in [0.15, 0.2) is 5.78 Å². The van der Waals surface area contributed by atoms with E-state index in [-0.39, 0.29) is 11.8 Å². The summed E-state index contributed by atoms with van der Waals surface area (Å²) in [5, 5.41) is 0. The van der Waals surface area contributed by atoms with Gasteiger partial charge in [0, 0.05) is 18.7 Å². The quantitative estimate of drug-likeness (QED) is 0.794. The molecule has 1 aliphatic heterocycles. The molecule has 0 N–H and O–H groups in total. The van der Waals surface area contributed by atoms with Crippen LogP contribution in [0, 0.1) is 0 Å². The number of ketones is 1. The second kappa shape index (κ2) is 7.34. The van der Waals surface area contributed by atoms with E-state index in [2.05, 4.69) is 17.0 Å². The van der Waals surface area contributed by atoms with Gasteiger partial charge in [-0.15, -0.1) is 0 Å². The Morgan fingerprint density at radius 2 is 1.55 bits per heavy atom. The zero-order chi connectivity index (χ0) is 15.2. The van der Waals surface area contributed by atoms with Crippen LogP contribution < -0.4 is 0 Å². The first-order valence-electron chi connectivity index (χ1n) is 7.79. The Morgan fingerprint density at radius 1 is 0.955 bits per heavy atom. The Bertz CT molecular complexity index is 591. The van der Waals surface area contributed by atoms with Gasteiger partial charge in [-0.25, -0.2) is 0 Å². The van der Waals surface area contributed by atoms with Crippen LogP contribution >= 0.6 is 0 Å². The summed E-state index contributed by atoms with van der Waals surface area (Å²) in [6.07, 6.45) is 0.745. The Morgan fingerprint density at radius 3 is 2.18 bits per heavy atom. The second-order valence-corrected chi connectivity index (χ2v) is 5.58. The van der Waals surface area contributed by atoms with Gasteiger partial charge in [-0.1, -0.05) is 60.7 Å². The Labute approximate surface area is 131 Å². The largest absolute Gasteiger partial charge is 0.379 e. The number of morpholine rings is 1. The number of carbonyl (C=O) groups excluding carboxylic acids is 1. The molecule has 1 saturated heterocycles. The first kappa shape index (κ1) is 14.9. The van der Waals surface area contributed by atoms with E-state index in [1.807, 2.05) is 48.5 Å². The van der Waals surface area contributed by atoms with Crippen molar-refractivity contribution in [1.29, 1.82) is 0 Å². The minimum Gasteiger partial charge on any atom is -0.379 e. The van der Waals surface area contributed by atoms with Crippen molar-refractivity contribution in [3.63, 3.8) is 0 Å². The number of carbonyl (C=O) groups is 1. The van der Waals surface area contributed by atoms with Crippen LogP contribution in [-0.2, 0) is 11.2 Å². The third kappa shape index (κ3) is 3.62. The maximum Gasteiger partial charge on any atom is 0.180 e. The number of rotatable bonds is 5. The summed E-state index contributed by atoms with van der Waals surface area (Å²) < 4.78 is 5.43. The number of hydrogen-bond donors (Lipinski definition) is 0. The fraction of sp³-hybridized carbons (Fsp3) is 0.316. The summed E-state index contributed by atoms with van der Waals surface area (Å²) in [6, 6.07) is 19.7. The normalized spacial score (nSPS) is 17.1. The van der Waals surface area contributed by atoms with Crippen molar-refractivity contribution in [2.45, 2.75) is 12.5 Å². The van der Waals surface area contributed by atoms with Crippen LogP contribution in [-0.4, -0.2) is 43.0 Å². The highest BCUT2D eigenvalue weighted by atomic mass is 16.5. The van der Waals surface area contributed by atoms with Crippen LogP contribution in [0.3, 0.4) is 0 Å². The van der Waals surface area contributed by atoms with Gasteiger partial charge in [-0.05, 0) is 12.0 Å². The van der Waals surface area contributed by atoms with Crippen molar-refractivity contribution in [1.82, 2.24) is 4.90 Å². The molecule has 0 amide bonds. The van der Waals surface area contributed by atoms with Gasteiger partial charge in [0.1, 0.15) is 0 Å². The highest BCUT2D eigenvalue weighted by Gasteiger charge is 2.28. The molecule has 1 fully saturated rings. The minimum absolute atomic E-state index is 0.117. The van der Waals surface area contributed by atoms with Crippen LogP contribution in [0.2, 0.25) is 0 Å². The van der Waals surface area contributed by atoms with Gasteiger partial charge in [0.05, 0.1) is 19.3 Å². The SMILES string of the molecule is O=C(c1ccccc1)[C@H](Cc1ccccc1)N1CCOCC1. The lowest BCUT2D eigenvalue weighted by molar-refractivity contribution is 0.0177. The van der Waals surface area contributed by atoms with Crippen molar-refractivity contribution in [3.05, 3.63) is 71.8 Å². The monoisotopic (exact) mass is 295 g/mol. The molecule has 0 saturated carbocycles. The average molecular weight is 295 g/mol. The summed E-state index contributed by atoms with van der Waals surface area (Å²) in [6.45, 7) is 3.03. The summed E-state index contributed by atoms with van der Waals surface area (Å²) in [4.78, 5) is 15.2. The molecule has 0 unspecified atom stereocenters. The van der Waals surface area contributed by atoms with Crippen molar-refractivity contribution in [2.24, 2.45) is 0 Å². The highest BCUT2D eigenvalue weighted by Crippen LogP contribution is 2.16. The molecule has 3 heteroatoms. The first-order valence-corrected chi connectivity index (χ1v) is 7.79. The molecule has 0 spiro atoms. The molecule has 114 valence electrons. The van der Waals surface area contributed by atoms with E-state index in [1.54, 1.807) is 0 Å². The average Bonchev–Trinajstić information content (AvgIpc) is 2.61. The predicted molar refractivity (Wildman–Crippen MR) is 87.1 cm³/mol. The molecular weight excluding hydrogens is 274 g/mol. The molecular formula is C19H21NO2. The van der Waals surface area contributed by atoms with Crippen molar-refractivity contribution < 1.29 is 9.53 Å². The van der Waals surface area contributed by atoms with Crippen molar-refractivity contribution in [2.75, 3.05) is 26.3 Å². The van der Waals surface area contributed by atoms with Crippen LogP contribution in [0.5, 0.6) is 0 Å². The predicted octanol–water partition coefficient (Wildman–Crippen LogP) is 2.81. The molecule has 3 rings (SSSR count). The molecule has 2 aromatic rings. The molecule has 0 aliphatic carbocycles. The van der Waals surface area contributed by atoms with E-state index in [0.717, 1.165) is 25.1 Å². The minimum atomic E-state index is -0.117. The van der Waals surface area contributed by atoms with Crippen LogP contribution in [0.25, 0.3) is 0 Å². The lowest BCUT2D eigenvalue weighted by Crippen LogP contribution is -2.48. The van der Waals surface area contributed by atoms with Gasteiger partial charge in [-0.2, -0.15) is 0 Å². The van der Waals surface area contributed by atoms with Crippen molar-refractivity contribution >= 4 is 5.78 Å². The number of ether oxygens (including phenoxy) is 1. The standard InChI is InChI=1S/C19H21NO2/c21-19(17-9-5-2-6-10-17)18(20-11-13-22-14-12-20)15-16-7-3-1-4-8-16/h1-10,18H,11-15H2/t18-/m0/s1.